The molecule has 26 heavy (non-hydrogen) atoms. The quantitative estimate of drug-likeness (QED) is 0.858. The van der Waals surface area contributed by atoms with Gasteiger partial charge in [-0.1, -0.05) is 6.07 Å². The van der Waals surface area contributed by atoms with E-state index in [1.165, 1.54) is 0 Å². The first-order valence-electron chi connectivity index (χ1n) is 9.24. The van der Waals surface area contributed by atoms with Crippen LogP contribution in [0.1, 0.15) is 49.6 Å². The van der Waals surface area contributed by atoms with Crippen LogP contribution in [-0.2, 0) is 14.6 Å². The number of hydrogen-bond donors (Lipinski definition) is 1. The fraction of sp³-hybridized carbons (Fsp3) is 0.526. The van der Waals surface area contributed by atoms with E-state index in [1.807, 2.05) is 36.7 Å². The molecular weight excluding hydrogens is 350 g/mol. The minimum absolute atomic E-state index is 0.0110. The van der Waals surface area contributed by atoms with Crippen LogP contribution in [0, 0.1) is 13.8 Å². The van der Waals surface area contributed by atoms with E-state index in [4.69, 9.17) is 4.74 Å². The van der Waals surface area contributed by atoms with Gasteiger partial charge in [-0.3, -0.25) is 0 Å². The van der Waals surface area contributed by atoms with Gasteiger partial charge >= 0.3 is 0 Å². The predicted molar refractivity (Wildman–Crippen MR) is 100 cm³/mol. The Morgan fingerprint density at radius 1 is 1.15 bits per heavy atom. The Morgan fingerprint density at radius 2 is 1.96 bits per heavy atom. The smallest absolute Gasteiger partial charge is 0.181 e. The van der Waals surface area contributed by atoms with E-state index >= 15 is 0 Å². The number of hydrogen-bond acceptors (Lipinski definition) is 5. The number of rotatable bonds is 5. The number of sulfone groups is 1. The molecule has 1 N–H and O–H groups in total. The number of nitrogens with zero attached hydrogens (tertiary/aromatic N) is 2. The fourth-order valence-corrected chi connectivity index (χ4v) is 5.37. The fourth-order valence-electron chi connectivity index (χ4n) is 3.45. The average molecular weight is 375 g/mol. The van der Waals surface area contributed by atoms with Crippen LogP contribution in [0.2, 0.25) is 0 Å². The summed E-state index contributed by atoms with van der Waals surface area (Å²) in [6, 6.07) is 7.44. The molecule has 2 heterocycles. The normalized spacial score (nSPS) is 20.9. The average Bonchev–Trinajstić information content (AvgIpc) is 3.42. The molecule has 2 aromatic rings. The van der Waals surface area contributed by atoms with Crippen molar-refractivity contribution in [2.45, 2.75) is 62.3 Å². The third kappa shape index (κ3) is 3.38. The summed E-state index contributed by atoms with van der Waals surface area (Å²) in [6.07, 6.45) is 4.74. The first-order valence-corrected chi connectivity index (χ1v) is 10.8. The maximum absolute atomic E-state index is 12.6. The van der Waals surface area contributed by atoms with E-state index in [1.54, 1.807) is 6.07 Å². The SMILES string of the molecule is Cc1ccc(Nc2cc(C)n(C3CCCCO3)n2)cc1S(=O)(=O)C1CC1. The van der Waals surface area contributed by atoms with Gasteiger partial charge in [0.25, 0.3) is 0 Å². The molecule has 1 aromatic heterocycles. The van der Waals surface area contributed by atoms with E-state index < -0.39 is 9.84 Å². The summed E-state index contributed by atoms with van der Waals surface area (Å²) in [4.78, 5) is 0.428. The first-order chi connectivity index (χ1) is 12.4. The van der Waals surface area contributed by atoms with Crippen LogP contribution in [-0.4, -0.2) is 30.1 Å². The van der Waals surface area contributed by atoms with Crippen molar-refractivity contribution >= 4 is 21.3 Å². The van der Waals surface area contributed by atoms with Crippen molar-refractivity contribution in [1.82, 2.24) is 9.78 Å². The highest BCUT2D eigenvalue weighted by atomic mass is 32.2. The second-order valence-electron chi connectivity index (χ2n) is 7.29. The Kier molecular flexibility index (Phi) is 4.52. The van der Waals surface area contributed by atoms with Crippen molar-refractivity contribution in [3.05, 3.63) is 35.5 Å². The number of aromatic nitrogens is 2. The second kappa shape index (κ2) is 6.70. The molecule has 1 aliphatic heterocycles. The maximum atomic E-state index is 12.6. The summed E-state index contributed by atoms with van der Waals surface area (Å²) in [5.74, 6) is 0.704. The molecule has 0 amide bonds. The zero-order valence-corrected chi connectivity index (χ0v) is 16.1. The molecule has 2 aliphatic rings. The summed E-state index contributed by atoms with van der Waals surface area (Å²) in [5.41, 5.74) is 2.56. The van der Waals surface area contributed by atoms with Gasteiger partial charge in [-0.25, -0.2) is 13.1 Å². The lowest BCUT2D eigenvalue weighted by Crippen LogP contribution is -2.20. The molecule has 140 valence electrons. The van der Waals surface area contributed by atoms with Crippen molar-refractivity contribution < 1.29 is 13.2 Å². The lowest BCUT2D eigenvalue weighted by Gasteiger charge is -2.23. The summed E-state index contributed by atoms with van der Waals surface area (Å²) < 4.78 is 33.0. The minimum Gasteiger partial charge on any atom is -0.357 e. The van der Waals surface area contributed by atoms with Crippen molar-refractivity contribution in [2.75, 3.05) is 11.9 Å². The minimum atomic E-state index is -3.22. The molecule has 1 saturated carbocycles. The predicted octanol–water partition coefficient (Wildman–Crippen LogP) is 3.88. The molecule has 2 fully saturated rings. The molecule has 1 atom stereocenters. The summed E-state index contributed by atoms with van der Waals surface area (Å²) >= 11 is 0. The van der Waals surface area contributed by atoms with Crippen LogP contribution in [0.15, 0.2) is 29.2 Å². The molecule has 0 radical (unpaired) electrons. The van der Waals surface area contributed by atoms with Gasteiger partial charge in [-0.15, -0.1) is 0 Å². The molecule has 0 spiro atoms. The van der Waals surface area contributed by atoms with Gasteiger partial charge in [0.15, 0.2) is 21.9 Å². The second-order valence-corrected chi connectivity index (χ2v) is 9.48. The number of nitrogens with one attached hydrogen (secondary N) is 1. The Labute approximate surface area is 154 Å². The third-order valence-corrected chi connectivity index (χ3v) is 7.48. The monoisotopic (exact) mass is 375 g/mol. The zero-order valence-electron chi connectivity index (χ0n) is 15.2. The van der Waals surface area contributed by atoms with Gasteiger partial charge in [0.1, 0.15) is 0 Å². The first kappa shape index (κ1) is 17.5. The van der Waals surface area contributed by atoms with Crippen molar-refractivity contribution in [3.8, 4) is 0 Å². The largest absolute Gasteiger partial charge is 0.357 e. The number of ether oxygens (including phenoxy) is 1. The summed E-state index contributed by atoms with van der Waals surface area (Å²) in [7, 11) is -3.22. The molecule has 7 heteroatoms. The van der Waals surface area contributed by atoms with Crippen molar-refractivity contribution in [3.63, 3.8) is 0 Å². The van der Waals surface area contributed by atoms with Crippen LogP contribution in [0.3, 0.4) is 0 Å². The standard InChI is InChI=1S/C19H25N3O3S/c1-13-6-7-15(12-17(13)26(23,24)16-8-9-16)20-18-11-14(2)22(21-18)19-5-3-4-10-25-19/h6-7,11-12,16,19H,3-5,8-10H2,1-2H3,(H,20,21). The van der Waals surface area contributed by atoms with Crippen LogP contribution in [0.25, 0.3) is 0 Å². The molecule has 4 rings (SSSR count). The zero-order chi connectivity index (χ0) is 18.3. The lowest BCUT2D eigenvalue weighted by molar-refractivity contribution is -0.0404. The van der Waals surface area contributed by atoms with Gasteiger partial charge in [0.05, 0.1) is 10.1 Å². The molecule has 1 unspecified atom stereocenters. The van der Waals surface area contributed by atoms with E-state index in [9.17, 15) is 8.42 Å². The Hall–Kier alpha value is -1.86. The van der Waals surface area contributed by atoms with Crippen LogP contribution in [0.4, 0.5) is 11.5 Å². The van der Waals surface area contributed by atoms with Gasteiger partial charge in [-0.05, 0) is 63.6 Å². The number of anilines is 2. The highest BCUT2D eigenvalue weighted by molar-refractivity contribution is 7.92. The Bertz CT molecular complexity index is 910. The van der Waals surface area contributed by atoms with E-state index in [2.05, 4.69) is 10.4 Å². The van der Waals surface area contributed by atoms with E-state index in [0.29, 0.717) is 10.7 Å². The number of aryl methyl sites for hydroxylation is 2. The van der Waals surface area contributed by atoms with E-state index in [-0.39, 0.29) is 11.5 Å². The van der Waals surface area contributed by atoms with E-state index in [0.717, 1.165) is 55.7 Å². The van der Waals surface area contributed by atoms with Gasteiger partial charge < -0.3 is 10.1 Å². The third-order valence-electron chi connectivity index (χ3n) is 5.08. The van der Waals surface area contributed by atoms with Gasteiger partial charge in [0.2, 0.25) is 0 Å². The highest BCUT2D eigenvalue weighted by Gasteiger charge is 2.37. The Morgan fingerprint density at radius 3 is 2.65 bits per heavy atom. The summed E-state index contributed by atoms with van der Waals surface area (Å²) in [5, 5.41) is 7.67. The van der Waals surface area contributed by atoms with Crippen LogP contribution < -0.4 is 5.32 Å². The molecule has 1 aliphatic carbocycles. The van der Waals surface area contributed by atoms with Crippen molar-refractivity contribution in [1.29, 1.82) is 0 Å². The topological polar surface area (TPSA) is 73.2 Å². The lowest BCUT2D eigenvalue weighted by atomic mass is 10.2. The molecule has 6 nitrogen and oxygen atoms in total. The maximum Gasteiger partial charge on any atom is 0.181 e. The number of benzene rings is 1. The molecule has 0 bridgehead atoms. The highest BCUT2D eigenvalue weighted by Crippen LogP contribution is 2.36. The van der Waals surface area contributed by atoms with Gasteiger partial charge in [0, 0.05) is 24.1 Å². The van der Waals surface area contributed by atoms with Crippen LogP contribution >= 0.6 is 0 Å². The van der Waals surface area contributed by atoms with Crippen LogP contribution in [0.5, 0.6) is 0 Å². The summed E-state index contributed by atoms with van der Waals surface area (Å²) in [6.45, 7) is 4.62. The van der Waals surface area contributed by atoms with Crippen molar-refractivity contribution in [2.24, 2.45) is 0 Å². The molecular formula is C19H25N3O3S. The molecule has 1 saturated heterocycles. The Balaban J connectivity index is 1.58. The molecule has 1 aromatic carbocycles. The van der Waals surface area contributed by atoms with Gasteiger partial charge in [-0.2, -0.15) is 5.10 Å².